The lowest BCUT2D eigenvalue weighted by Crippen LogP contribution is -2.39. The first-order chi connectivity index (χ1) is 22.4. The molecule has 3 N–H and O–H groups in total. The van der Waals surface area contributed by atoms with Gasteiger partial charge in [0, 0.05) is 6.04 Å². The largest absolute Gasteiger partial charge is 0.490 e. The molecule has 1 aliphatic rings. The van der Waals surface area contributed by atoms with Gasteiger partial charge in [-0.15, -0.1) is 0 Å². The maximum atomic E-state index is 13.0. The lowest BCUT2D eigenvalue weighted by molar-refractivity contribution is -0.137. The van der Waals surface area contributed by atoms with Crippen molar-refractivity contribution in [3.05, 3.63) is 114 Å². The molecule has 0 heterocycles. The Morgan fingerprint density at radius 1 is 0.809 bits per heavy atom. The summed E-state index contributed by atoms with van der Waals surface area (Å²) in [5.41, 5.74) is -0.0731. The number of carbonyl (C=O) groups excluding carboxylic acids is 1. The van der Waals surface area contributed by atoms with Crippen LogP contribution in [0.25, 0.3) is 0 Å². The van der Waals surface area contributed by atoms with Gasteiger partial charge in [-0.2, -0.15) is 13.2 Å². The Balaban J connectivity index is 1.07. The predicted molar refractivity (Wildman–Crippen MR) is 167 cm³/mol. The number of amides is 1. The smallest absolute Gasteiger partial charge is 0.416 e. The number of para-hydroxylation sites is 1. The SMILES string of the molecule is O=C(Cc1ccc(Oc2ccc(OC3CCC(NS(=O)(=O)c4cccc(C(F)(F)F)c4)CC3)cc2)cc1)Nc1ccccc1C(=O)O. The van der Waals surface area contributed by atoms with Gasteiger partial charge in [0.15, 0.2) is 0 Å². The summed E-state index contributed by atoms with van der Waals surface area (Å²) in [5.74, 6) is 0.226. The number of ether oxygens (including phenoxy) is 2. The minimum atomic E-state index is -4.64. The second-order valence-electron chi connectivity index (χ2n) is 11.0. The van der Waals surface area contributed by atoms with Crippen molar-refractivity contribution in [1.29, 1.82) is 0 Å². The summed E-state index contributed by atoms with van der Waals surface area (Å²) >= 11 is 0. The second kappa shape index (κ2) is 14.3. The van der Waals surface area contributed by atoms with E-state index in [0.717, 1.165) is 18.2 Å². The zero-order chi connectivity index (χ0) is 33.6. The van der Waals surface area contributed by atoms with Gasteiger partial charge >= 0.3 is 12.1 Å². The number of aromatic carboxylic acids is 1. The molecule has 0 bridgehead atoms. The Bertz CT molecular complexity index is 1820. The molecule has 4 aromatic rings. The number of alkyl halides is 3. The number of anilines is 1. The van der Waals surface area contributed by atoms with Gasteiger partial charge < -0.3 is 19.9 Å². The summed E-state index contributed by atoms with van der Waals surface area (Å²) < 4.78 is 79.0. The number of rotatable bonds is 11. The first-order valence-electron chi connectivity index (χ1n) is 14.7. The molecule has 0 spiro atoms. The number of halogens is 3. The van der Waals surface area contributed by atoms with Gasteiger partial charge in [-0.3, -0.25) is 4.79 Å². The average molecular weight is 669 g/mol. The summed E-state index contributed by atoms with van der Waals surface area (Å²) in [6.45, 7) is 0. The van der Waals surface area contributed by atoms with Crippen LogP contribution in [-0.4, -0.2) is 37.5 Å². The zero-order valence-corrected chi connectivity index (χ0v) is 25.7. The fraction of sp³-hybridized carbons (Fsp3) is 0.235. The molecule has 1 fully saturated rings. The van der Waals surface area contributed by atoms with Crippen molar-refractivity contribution in [3.63, 3.8) is 0 Å². The van der Waals surface area contributed by atoms with Gasteiger partial charge in [-0.1, -0.05) is 30.3 Å². The molecule has 0 unspecified atom stereocenters. The van der Waals surface area contributed by atoms with Crippen LogP contribution >= 0.6 is 0 Å². The van der Waals surface area contributed by atoms with E-state index in [2.05, 4.69) is 10.0 Å². The third-order valence-corrected chi connectivity index (χ3v) is 9.07. The molecule has 1 amide bonds. The van der Waals surface area contributed by atoms with Crippen molar-refractivity contribution in [3.8, 4) is 17.2 Å². The van der Waals surface area contributed by atoms with Crippen molar-refractivity contribution in [2.75, 3.05) is 5.32 Å². The van der Waals surface area contributed by atoms with E-state index in [9.17, 15) is 36.3 Å². The summed E-state index contributed by atoms with van der Waals surface area (Å²) in [6, 6.07) is 23.4. The van der Waals surface area contributed by atoms with Crippen LogP contribution in [0.5, 0.6) is 17.2 Å². The van der Waals surface area contributed by atoms with Crippen molar-refractivity contribution < 1.29 is 45.8 Å². The number of sulfonamides is 1. The van der Waals surface area contributed by atoms with Gasteiger partial charge in [0.1, 0.15) is 17.2 Å². The standard InChI is InChI=1S/C34H31F3N2O7S/c35-34(36,37)23-4-3-5-29(21-23)47(43,44)39-24-10-14-26(15-11-24)46-28-18-16-27(17-19-28)45-25-12-8-22(9-13-25)20-32(40)38-31-7-2-1-6-30(31)33(41)42/h1-9,12-13,16-19,21,24,26,39H,10-11,14-15,20H2,(H,38,40)(H,41,42). The van der Waals surface area contributed by atoms with Crippen LogP contribution in [0.3, 0.4) is 0 Å². The van der Waals surface area contributed by atoms with Crippen LogP contribution in [0.15, 0.2) is 102 Å². The Morgan fingerprint density at radius 3 is 2.06 bits per heavy atom. The van der Waals surface area contributed by atoms with Gasteiger partial charge in [0.2, 0.25) is 15.9 Å². The maximum Gasteiger partial charge on any atom is 0.416 e. The third kappa shape index (κ3) is 9.11. The monoisotopic (exact) mass is 668 g/mol. The molecule has 4 aromatic carbocycles. The predicted octanol–water partition coefficient (Wildman–Crippen LogP) is 7.05. The van der Waals surface area contributed by atoms with Crippen LogP contribution in [0.1, 0.15) is 47.2 Å². The number of carbonyl (C=O) groups is 2. The summed E-state index contributed by atoms with van der Waals surface area (Å²) in [4.78, 5) is 23.4. The lowest BCUT2D eigenvalue weighted by Gasteiger charge is -2.29. The molecular formula is C34H31F3N2O7S. The van der Waals surface area contributed by atoms with Gasteiger partial charge in [0.05, 0.1) is 34.2 Å². The van der Waals surface area contributed by atoms with Crippen molar-refractivity contribution in [2.24, 2.45) is 0 Å². The molecule has 47 heavy (non-hydrogen) atoms. The van der Waals surface area contributed by atoms with Crippen LogP contribution in [0.2, 0.25) is 0 Å². The Hall–Kier alpha value is -4.88. The highest BCUT2D eigenvalue weighted by Gasteiger charge is 2.32. The molecule has 5 rings (SSSR count). The first-order valence-corrected chi connectivity index (χ1v) is 16.2. The minimum absolute atomic E-state index is 0.00819. The van der Waals surface area contributed by atoms with E-state index in [-0.39, 0.29) is 29.7 Å². The van der Waals surface area contributed by atoms with Crippen LogP contribution in [-0.2, 0) is 27.4 Å². The molecule has 9 nitrogen and oxygen atoms in total. The number of nitrogens with one attached hydrogen (secondary N) is 2. The number of benzene rings is 4. The van der Waals surface area contributed by atoms with Crippen molar-refractivity contribution in [1.82, 2.24) is 4.72 Å². The molecule has 13 heteroatoms. The maximum absolute atomic E-state index is 13.0. The van der Waals surface area contributed by atoms with Gasteiger partial charge in [-0.25, -0.2) is 17.9 Å². The van der Waals surface area contributed by atoms with E-state index in [1.54, 1.807) is 60.7 Å². The topological polar surface area (TPSA) is 131 Å². The van der Waals surface area contributed by atoms with Gasteiger partial charge in [0.25, 0.3) is 0 Å². The minimum Gasteiger partial charge on any atom is -0.490 e. The summed E-state index contributed by atoms with van der Waals surface area (Å²) in [6.07, 6.45) is -2.69. The van der Waals surface area contributed by atoms with E-state index in [0.29, 0.717) is 54.6 Å². The Kier molecular flexibility index (Phi) is 10.2. The highest BCUT2D eigenvalue weighted by atomic mass is 32.2. The fourth-order valence-corrected chi connectivity index (χ4v) is 6.52. The molecule has 0 aliphatic heterocycles. The molecular weight excluding hydrogens is 637 g/mol. The van der Waals surface area contributed by atoms with E-state index in [4.69, 9.17) is 9.47 Å². The average Bonchev–Trinajstić information content (AvgIpc) is 3.03. The quantitative estimate of drug-likeness (QED) is 0.156. The van der Waals surface area contributed by atoms with E-state index < -0.39 is 38.7 Å². The highest BCUT2D eigenvalue weighted by Crippen LogP contribution is 2.32. The number of carboxylic acids is 1. The third-order valence-electron chi connectivity index (χ3n) is 7.55. The van der Waals surface area contributed by atoms with Crippen LogP contribution < -0.4 is 19.5 Å². The van der Waals surface area contributed by atoms with Crippen molar-refractivity contribution in [2.45, 2.75) is 55.3 Å². The number of hydrogen-bond acceptors (Lipinski definition) is 6. The van der Waals surface area contributed by atoms with Crippen molar-refractivity contribution >= 4 is 27.6 Å². The molecule has 1 aliphatic carbocycles. The van der Waals surface area contributed by atoms with E-state index >= 15 is 0 Å². The number of carboxylic acid groups (broad SMARTS) is 1. The fourth-order valence-electron chi connectivity index (χ4n) is 5.17. The molecule has 1 saturated carbocycles. The second-order valence-corrected chi connectivity index (χ2v) is 12.7. The van der Waals surface area contributed by atoms with E-state index in [1.165, 1.54) is 12.1 Å². The highest BCUT2D eigenvalue weighted by molar-refractivity contribution is 7.89. The molecule has 0 aromatic heterocycles. The summed E-state index contributed by atoms with van der Waals surface area (Å²) in [5, 5.41) is 11.9. The summed E-state index contributed by atoms with van der Waals surface area (Å²) in [7, 11) is -4.11. The molecule has 0 radical (unpaired) electrons. The first kappa shape index (κ1) is 33.5. The zero-order valence-electron chi connectivity index (χ0n) is 24.9. The lowest BCUT2D eigenvalue weighted by atomic mass is 9.94. The molecule has 0 saturated heterocycles. The van der Waals surface area contributed by atoms with Crippen LogP contribution in [0.4, 0.5) is 18.9 Å². The van der Waals surface area contributed by atoms with E-state index in [1.807, 2.05) is 0 Å². The Labute approximate surface area is 269 Å². The molecule has 246 valence electrons. The molecule has 0 atom stereocenters. The van der Waals surface area contributed by atoms with Crippen LogP contribution in [0, 0.1) is 0 Å². The Morgan fingerprint density at radius 2 is 1.43 bits per heavy atom. The van der Waals surface area contributed by atoms with Gasteiger partial charge in [-0.05, 0) is 98.0 Å². The normalized spacial score (nSPS) is 16.7. The number of hydrogen-bond donors (Lipinski definition) is 3.